The van der Waals surface area contributed by atoms with Gasteiger partial charge in [0.1, 0.15) is 11.6 Å². The SMILES string of the molecule is Cc1cc(C(=O)NCC2(c3ccc(F)cc3)CCOCC2)no1. The summed E-state index contributed by atoms with van der Waals surface area (Å²) in [7, 11) is 0. The molecule has 23 heavy (non-hydrogen) atoms. The topological polar surface area (TPSA) is 64.4 Å². The van der Waals surface area contributed by atoms with Crippen molar-refractivity contribution in [2.75, 3.05) is 19.8 Å². The van der Waals surface area contributed by atoms with Crippen LogP contribution in [0.2, 0.25) is 0 Å². The second-order valence-electron chi connectivity index (χ2n) is 5.91. The molecule has 2 heterocycles. The lowest BCUT2D eigenvalue weighted by molar-refractivity contribution is 0.0486. The molecule has 1 aromatic carbocycles. The van der Waals surface area contributed by atoms with Gasteiger partial charge in [0.25, 0.3) is 5.91 Å². The lowest BCUT2D eigenvalue weighted by Crippen LogP contribution is -2.44. The summed E-state index contributed by atoms with van der Waals surface area (Å²) in [6.07, 6.45) is 1.55. The highest BCUT2D eigenvalue weighted by molar-refractivity contribution is 5.92. The number of nitrogens with zero attached hydrogens (tertiary/aromatic N) is 1. The van der Waals surface area contributed by atoms with Crippen LogP contribution in [-0.4, -0.2) is 30.8 Å². The highest BCUT2D eigenvalue weighted by Crippen LogP contribution is 2.34. The van der Waals surface area contributed by atoms with Crippen molar-refractivity contribution >= 4 is 5.91 Å². The zero-order valence-corrected chi connectivity index (χ0v) is 13.0. The fourth-order valence-corrected chi connectivity index (χ4v) is 2.95. The monoisotopic (exact) mass is 318 g/mol. The van der Waals surface area contributed by atoms with Gasteiger partial charge in [0.15, 0.2) is 5.69 Å². The number of aryl methyl sites for hydroxylation is 1. The molecule has 0 saturated carbocycles. The smallest absolute Gasteiger partial charge is 0.273 e. The second kappa shape index (κ2) is 6.50. The molecule has 1 aromatic heterocycles. The molecule has 1 fully saturated rings. The lowest BCUT2D eigenvalue weighted by Gasteiger charge is -2.37. The van der Waals surface area contributed by atoms with E-state index in [-0.39, 0.29) is 22.8 Å². The number of carbonyl (C=O) groups excluding carboxylic acids is 1. The van der Waals surface area contributed by atoms with Crippen LogP contribution in [0.3, 0.4) is 0 Å². The molecule has 0 atom stereocenters. The number of nitrogens with one attached hydrogen (secondary N) is 1. The molecule has 5 nitrogen and oxygen atoms in total. The van der Waals surface area contributed by atoms with Crippen LogP contribution in [0.15, 0.2) is 34.9 Å². The van der Waals surface area contributed by atoms with Crippen LogP contribution in [0, 0.1) is 12.7 Å². The zero-order valence-electron chi connectivity index (χ0n) is 13.0. The van der Waals surface area contributed by atoms with Gasteiger partial charge in [-0.15, -0.1) is 0 Å². The molecular weight excluding hydrogens is 299 g/mol. The summed E-state index contributed by atoms with van der Waals surface area (Å²) < 4.78 is 23.6. The molecule has 122 valence electrons. The molecule has 3 rings (SSSR count). The number of carbonyl (C=O) groups is 1. The highest BCUT2D eigenvalue weighted by Gasteiger charge is 2.35. The standard InChI is InChI=1S/C17H19FN2O3/c1-12-10-15(20-23-12)16(21)19-11-17(6-8-22-9-7-17)13-2-4-14(18)5-3-13/h2-5,10H,6-9,11H2,1H3,(H,19,21). The maximum Gasteiger partial charge on any atom is 0.273 e. The molecule has 1 saturated heterocycles. The molecule has 1 aliphatic rings. The van der Waals surface area contributed by atoms with Crippen molar-refractivity contribution in [3.8, 4) is 0 Å². The van der Waals surface area contributed by atoms with E-state index >= 15 is 0 Å². The molecule has 0 unspecified atom stereocenters. The van der Waals surface area contributed by atoms with Crippen LogP contribution in [0.25, 0.3) is 0 Å². The Labute approximate surface area is 133 Å². The third-order valence-corrected chi connectivity index (χ3v) is 4.35. The Morgan fingerprint density at radius 3 is 2.61 bits per heavy atom. The number of aromatic nitrogens is 1. The van der Waals surface area contributed by atoms with Gasteiger partial charge < -0.3 is 14.6 Å². The van der Waals surface area contributed by atoms with Crippen molar-refractivity contribution in [3.63, 3.8) is 0 Å². The first kappa shape index (κ1) is 15.7. The summed E-state index contributed by atoms with van der Waals surface area (Å²) in [5, 5.41) is 6.65. The Kier molecular flexibility index (Phi) is 4.43. The van der Waals surface area contributed by atoms with Gasteiger partial charge >= 0.3 is 0 Å². The first-order valence-electron chi connectivity index (χ1n) is 7.64. The third kappa shape index (κ3) is 3.42. The molecule has 6 heteroatoms. The van der Waals surface area contributed by atoms with Gasteiger partial charge in [-0.1, -0.05) is 17.3 Å². The number of hydrogen-bond acceptors (Lipinski definition) is 4. The van der Waals surface area contributed by atoms with Gasteiger partial charge in [-0.25, -0.2) is 4.39 Å². The first-order valence-corrected chi connectivity index (χ1v) is 7.64. The van der Waals surface area contributed by atoms with Crippen LogP contribution in [0.4, 0.5) is 4.39 Å². The van der Waals surface area contributed by atoms with E-state index in [4.69, 9.17) is 9.26 Å². The minimum atomic E-state index is -0.269. The minimum absolute atomic E-state index is 0.250. The van der Waals surface area contributed by atoms with Crippen LogP contribution in [-0.2, 0) is 10.2 Å². The summed E-state index contributed by atoms with van der Waals surface area (Å²) in [6, 6.07) is 8.08. The van der Waals surface area contributed by atoms with Gasteiger partial charge in [-0.05, 0) is 37.5 Å². The van der Waals surface area contributed by atoms with E-state index in [1.54, 1.807) is 25.1 Å². The van der Waals surface area contributed by atoms with E-state index < -0.39 is 0 Å². The summed E-state index contributed by atoms with van der Waals surface area (Å²) in [5.41, 5.74) is 1.03. The minimum Gasteiger partial charge on any atom is -0.381 e. The van der Waals surface area contributed by atoms with Gasteiger partial charge in [0, 0.05) is 31.2 Å². The van der Waals surface area contributed by atoms with Gasteiger partial charge in [-0.3, -0.25) is 4.79 Å². The maximum atomic E-state index is 13.2. The summed E-state index contributed by atoms with van der Waals surface area (Å²) in [5.74, 6) is 0.0577. The average molecular weight is 318 g/mol. The normalized spacial score (nSPS) is 17.0. The van der Waals surface area contributed by atoms with Gasteiger partial charge in [0.2, 0.25) is 0 Å². The number of benzene rings is 1. The molecule has 1 N–H and O–H groups in total. The number of amides is 1. The van der Waals surface area contributed by atoms with Gasteiger partial charge in [0.05, 0.1) is 0 Å². The first-order chi connectivity index (χ1) is 11.1. The molecular formula is C17H19FN2O3. The number of ether oxygens (including phenoxy) is 1. The zero-order chi connectivity index (χ0) is 16.3. The Morgan fingerprint density at radius 1 is 1.30 bits per heavy atom. The largest absolute Gasteiger partial charge is 0.381 e. The molecule has 0 bridgehead atoms. The number of rotatable bonds is 4. The summed E-state index contributed by atoms with van der Waals surface area (Å²) in [4.78, 5) is 12.2. The average Bonchev–Trinajstić information content (AvgIpc) is 3.01. The Morgan fingerprint density at radius 2 is 2.00 bits per heavy atom. The van der Waals surface area contributed by atoms with E-state index in [1.165, 1.54) is 12.1 Å². The predicted molar refractivity (Wildman–Crippen MR) is 81.7 cm³/mol. The number of hydrogen-bond donors (Lipinski definition) is 1. The van der Waals surface area contributed by atoms with Crippen LogP contribution >= 0.6 is 0 Å². The maximum absolute atomic E-state index is 13.2. The summed E-state index contributed by atoms with van der Waals surface area (Å²) in [6.45, 7) is 3.43. The van der Waals surface area contributed by atoms with Crippen molar-refractivity contribution in [3.05, 3.63) is 53.2 Å². The molecule has 0 radical (unpaired) electrons. The Hall–Kier alpha value is -2.21. The molecule has 1 aliphatic heterocycles. The van der Waals surface area contributed by atoms with Crippen LogP contribution < -0.4 is 5.32 Å². The van der Waals surface area contributed by atoms with Crippen molar-refractivity contribution < 1.29 is 18.4 Å². The van der Waals surface area contributed by atoms with Crippen LogP contribution in [0.5, 0.6) is 0 Å². The van der Waals surface area contributed by atoms with Crippen molar-refractivity contribution in [2.24, 2.45) is 0 Å². The fourth-order valence-electron chi connectivity index (χ4n) is 2.95. The van der Waals surface area contributed by atoms with Crippen molar-refractivity contribution in [1.82, 2.24) is 10.5 Å². The van der Waals surface area contributed by atoms with Gasteiger partial charge in [-0.2, -0.15) is 0 Å². The quantitative estimate of drug-likeness (QED) is 0.941. The Balaban J connectivity index is 1.76. The van der Waals surface area contributed by atoms with E-state index in [9.17, 15) is 9.18 Å². The van der Waals surface area contributed by atoms with Crippen molar-refractivity contribution in [1.29, 1.82) is 0 Å². The predicted octanol–water partition coefficient (Wildman–Crippen LogP) is 2.60. The third-order valence-electron chi connectivity index (χ3n) is 4.35. The molecule has 1 amide bonds. The molecule has 2 aromatic rings. The van der Waals surface area contributed by atoms with Crippen LogP contribution in [0.1, 0.15) is 34.7 Å². The molecule has 0 aliphatic carbocycles. The highest BCUT2D eigenvalue weighted by atomic mass is 19.1. The van der Waals surface area contributed by atoms with Crippen molar-refractivity contribution in [2.45, 2.75) is 25.2 Å². The van der Waals surface area contributed by atoms with E-state index in [1.807, 2.05) is 0 Å². The Bertz CT molecular complexity index is 675. The van der Waals surface area contributed by atoms with E-state index in [0.29, 0.717) is 25.5 Å². The number of halogens is 1. The van der Waals surface area contributed by atoms with E-state index in [0.717, 1.165) is 18.4 Å². The fraction of sp³-hybridized carbons (Fsp3) is 0.412. The second-order valence-corrected chi connectivity index (χ2v) is 5.91. The van der Waals surface area contributed by atoms with E-state index in [2.05, 4.69) is 10.5 Å². The molecule has 0 spiro atoms. The lowest BCUT2D eigenvalue weighted by atomic mass is 9.74. The summed E-state index contributed by atoms with van der Waals surface area (Å²) >= 11 is 0.